The average Bonchev–Trinajstić information content (AvgIpc) is 2.73. The van der Waals surface area contributed by atoms with Crippen LogP contribution in [-0.2, 0) is 5.41 Å². The average molecular weight is 248 g/mol. The first-order valence-electron chi connectivity index (χ1n) is 7.53. The summed E-state index contributed by atoms with van der Waals surface area (Å²) in [4.78, 5) is 0. The predicted molar refractivity (Wildman–Crippen MR) is 80.5 cm³/mol. The lowest BCUT2D eigenvalue weighted by molar-refractivity contribution is 0.351. The van der Waals surface area contributed by atoms with Crippen LogP contribution >= 0.6 is 0 Å². The Labute approximate surface area is 115 Å². The number of fused-ring (bicyclic) bond motifs is 5. The number of benzene rings is 2. The summed E-state index contributed by atoms with van der Waals surface area (Å²) in [6.45, 7) is 2.29. The summed E-state index contributed by atoms with van der Waals surface area (Å²) in [5.74, 6) is 0. The van der Waals surface area contributed by atoms with E-state index in [1.54, 1.807) is 11.1 Å². The normalized spacial score (nSPS) is 19.2. The van der Waals surface area contributed by atoms with E-state index in [1.165, 1.54) is 48.8 Å². The summed E-state index contributed by atoms with van der Waals surface area (Å²) in [7, 11) is 0. The molecule has 0 heterocycles. The van der Waals surface area contributed by atoms with Crippen LogP contribution in [0.5, 0.6) is 0 Å². The number of aryl methyl sites for hydroxylation is 1. The van der Waals surface area contributed by atoms with Crippen LogP contribution in [0, 0.1) is 6.92 Å². The fourth-order valence-corrected chi connectivity index (χ4v) is 4.47. The lowest BCUT2D eigenvalue weighted by Crippen LogP contribution is -2.28. The molecule has 0 amide bonds. The Bertz CT molecular complexity index is 630. The van der Waals surface area contributed by atoms with Crippen molar-refractivity contribution in [3.05, 3.63) is 59.2 Å². The van der Waals surface area contributed by atoms with Gasteiger partial charge in [-0.1, -0.05) is 61.7 Å². The van der Waals surface area contributed by atoms with Crippen molar-refractivity contribution in [1.29, 1.82) is 0 Å². The molecular formula is C19H20. The molecule has 2 aromatic carbocycles. The smallest absolute Gasteiger partial charge is 0.0217 e. The quantitative estimate of drug-likeness (QED) is 0.599. The topological polar surface area (TPSA) is 0 Å². The molecule has 0 unspecified atom stereocenters. The Morgan fingerprint density at radius 2 is 1.53 bits per heavy atom. The van der Waals surface area contributed by atoms with Crippen molar-refractivity contribution in [2.45, 2.75) is 44.4 Å². The molecule has 96 valence electrons. The van der Waals surface area contributed by atoms with E-state index in [2.05, 4.69) is 49.4 Å². The van der Waals surface area contributed by atoms with Gasteiger partial charge in [0.1, 0.15) is 0 Å². The molecule has 0 saturated heterocycles. The number of rotatable bonds is 0. The number of hydrogen-bond donors (Lipinski definition) is 0. The highest BCUT2D eigenvalue weighted by Gasteiger charge is 2.44. The second-order valence-corrected chi connectivity index (χ2v) is 6.19. The Kier molecular flexibility index (Phi) is 2.35. The highest BCUT2D eigenvalue weighted by atomic mass is 14.5. The van der Waals surface area contributed by atoms with Crippen LogP contribution in [-0.4, -0.2) is 0 Å². The minimum absolute atomic E-state index is 0.329. The van der Waals surface area contributed by atoms with Gasteiger partial charge in [0, 0.05) is 5.41 Å². The van der Waals surface area contributed by atoms with E-state index in [9.17, 15) is 0 Å². The first kappa shape index (κ1) is 11.3. The van der Waals surface area contributed by atoms with E-state index in [0.717, 1.165) is 0 Å². The lowest BCUT2D eigenvalue weighted by atomic mass is 9.67. The minimum atomic E-state index is 0.329. The maximum absolute atomic E-state index is 2.38. The molecule has 1 fully saturated rings. The largest absolute Gasteiger partial charge is 0.0619 e. The maximum atomic E-state index is 2.38. The van der Waals surface area contributed by atoms with Crippen molar-refractivity contribution >= 4 is 0 Å². The molecule has 0 aliphatic heterocycles. The van der Waals surface area contributed by atoms with E-state index >= 15 is 0 Å². The highest BCUT2D eigenvalue weighted by Crippen LogP contribution is 2.56. The second kappa shape index (κ2) is 3.96. The zero-order valence-corrected chi connectivity index (χ0v) is 11.6. The van der Waals surface area contributed by atoms with E-state index < -0.39 is 0 Å². The predicted octanol–water partition coefficient (Wildman–Crippen LogP) is 5.23. The molecular weight excluding hydrogens is 228 g/mol. The molecule has 1 saturated carbocycles. The Morgan fingerprint density at radius 1 is 0.789 bits per heavy atom. The van der Waals surface area contributed by atoms with Crippen LogP contribution in [0.1, 0.15) is 48.8 Å². The SMILES string of the molecule is Cc1cccc2c1C1(CCCCC1)c1ccccc1-2. The summed E-state index contributed by atoms with van der Waals surface area (Å²) in [5, 5.41) is 0. The van der Waals surface area contributed by atoms with Crippen molar-refractivity contribution in [2.75, 3.05) is 0 Å². The molecule has 2 aliphatic rings. The third-order valence-corrected chi connectivity index (χ3v) is 5.19. The summed E-state index contributed by atoms with van der Waals surface area (Å²) in [5.41, 5.74) is 8.03. The van der Waals surface area contributed by atoms with E-state index in [-0.39, 0.29) is 0 Å². The molecule has 2 aliphatic carbocycles. The van der Waals surface area contributed by atoms with Gasteiger partial charge in [-0.15, -0.1) is 0 Å². The molecule has 1 spiro atoms. The summed E-state index contributed by atoms with van der Waals surface area (Å²) >= 11 is 0. The van der Waals surface area contributed by atoms with Crippen LogP contribution in [0.4, 0.5) is 0 Å². The third kappa shape index (κ3) is 1.40. The zero-order chi connectivity index (χ0) is 12.9. The van der Waals surface area contributed by atoms with E-state index in [0.29, 0.717) is 5.41 Å². The van der Waals surface area contributed by atoms with Gasteiger partial charge < -0.3 is 0 Å². The molecule has 0 radical (unpaired) electrons. The lowest BCUT2D eigenvalue weighted by Gasteiger charge is -2.36. The van der Waals surface area contributed by atoms with Gasteiger partial charge in [0.15, 0.2) is 0 Å². The first-order valence-corrected chi connectivity index (χ1v) is 7.53. The molecule has 0 heteroatoms. The first-order chi connectivity index (χ1) is 9.33. The van der Waals surface area contributed by atoms with Crippen molar-refractivity contribution in [3.8, 4) is 11.1 Å². The maximum Gasteiger partial charge on any atom is 0.0217 e. The van der Waals surface area contributed by atoms with Gasteiger partial charge in [-0.05, 0) is 47.6 Å². The van der Waals surface area contributed by atoms with Crippen LogP contribution in [0.25, 0.3) is 11.1 Å². The van der Waals surface area contributed by atoms with Gasteiger partial charge in [0.25, 0.3) is 0 Å². The monoisotopic (exact) mass is 248 g/mol. The fraction of sp³-hybridized carbons (Fsp3) is 0.368. The van der Waals surface area contributed by atoms with E-state index in [1.807, 2.05) is 0 Å². The van der Waals surface area contributed by atoms with Crippen molar-refractivity contribution in [1.82, 2.24) is 0 Å². The van der Waals surface area contributed by atoms with Gasteiger partial charge in [-0.3, -0.25) is 0 Å². The molecule has 0 aromatic heterocycles. The van der Waals surface area contributed by atoms with Gasteiger partial charge in [-0.25, -0.2) is 0 Å². The number of hydrogen-bond acceptors (Lipinski definition) is 0. The Hall–Kier alpha value is -1.56. The molecule has 0 atom stereocenters. The van der Waals surface area contributed by atoms with Gasteiger partial charge in [0.2, 0.25) is 0 Å². The van der Waals surface area contributed by atoms with Crippen LogP contribution in [0.2, 0.25) is 0 Å². The van der Waals surface area contributed by atoms with Crippen molar-refractivity contribution < 1.29 is 0 Å². The highest BCUT2D eigenvalue weighted by molar-refractivity contribution is 5.82. The molecule has 19 heavy (non-hydrogen) atoms. The third-order valence-electron chi connectivity index (χ3n) is 5.19. The van der Waals surface area contributed by atoms with Crippen LogP contribution < -0.4 is 0 Å². The summed E-state index contributed by atoms with van der Waals surface area (Å²) in [6.07, 6.45) is 6.83. The van der Waals surface area contributed by atoms with Crippen molar-refractivity contribution in [3.63, 3.8) is 0 Å². The van der Waals surface area contributed by atoms with E-state index in [4.69, 9.17) is 0 Å². The van der Waals surface area contributed by atoms with Crippen molar-refractivity contribution in [2.24, 2.45) is 0 Å². The van der Waals surface area contributed by atoms with Gasteiger partial charge in [-0.2, -0.15) is 0 Å². The standard InChI is InChI=1S/C19H20/c1-14-8-7-10-16-15-9-3-4-11-17(15)19(18(14)16)12-5-2-6-13-19/h3-4,7-11H,2,5-6,12-13H2,1H3. The summed E-state index contributed by atoms with van der Waals surface area (Å²) < 4.78 is 0. The van der Waals surface area contributed by atoms with Crippen LogP contribution in [0.3, 0.4) is 0 Å². The molecule has 2 aromatic rings. The Balaban J connectivity index is 2.06. The van der Waals surface area contributed by atoms with Gasteiger partial charge >= 0.3 is 0 Å². The second-order valence-electron chi connectivity index (χ2n) is 6.19. The Morgan fingerprint density at radius 3 is 2.37 bits per heavy atom. The van der Waals surface area contributed by atoms with Gasteiger partial charge in [0.05, 0.1) is 0 Å². The molecule has 0 N–H and O–H groups in total. The van der Waals surface area contributed by atoms with Crippen LogP contribution in [0.15, 0.2) is 42.5 Å². The molecule has 0 bridgehead atoms. The molecule has 0 nitrogen and oxygen atoms in total. The summed E-state index contributed by atoms with van der Waals surface area (Å²) in [6, 6.07) is 15.9. The fourth-order valence-electron chi connectivity index (χ4n) is 4.47. The molecule has 4 rings (SSSR count). The zero-order valence-electron chi connectivity index (χ0n) is 11.6. The minimum Gasteiger partial charge on any atom is -0.0619 e.